The van der Waals surface area contributed by atoms with Gasteiger partial charge < -0.3 is 9.47 Å². The summed E-state index contributed by atoms with van der Waals surface area (Å²) in [6.45, 7) is 15.1. The first-order valence-electron chi connectivity index (χ1n) is 16.0. The highest BCUT2D eigenvalue weighted by molar-refractivity contribution is 5.89. The number of hydrogen-bond acceptors (Lipinski definition) is 3. The molecule has 11 atom stereocenters. The van der Waals surface area contributed by atoms with E-state index in [-0.39, 0.29) is 23.1 Å². The van der Waals surface area contributed by atoms with Crippen LogP contribution in [0.1, 0.15) is 116 Å². The molecule has 6 rings (SSSR count). The molecule has 3 heteroatoms. The summed E-state index contributed by atoms with van der Waals surface area (Å²) in [5.74, 6) is 5.37. The van der Waals surface area contributed by atoms with Gasteiger partial charge in [-0.25, -0.2) is 4.79 Å². The number of hydrogen-bond donors (Lipinski definition) is 0. The fourth-order valence-corrected chi connectivity index (χ4v) is 11.0. The minimum Gasteiger partial charge on any atom is -0.459 e. The maximum absolute atomic E-state index is 12.8. The van der Waals surface area contributed by atoms with Crippen LogP contribution in [0, 0.1) is 52.3 Å². The lowest BCUT2D eigenvalue weighted by molar-refractivity contribution is -0.132. The van der Waals surface area contributed by atoms with Crippen molar-refractivity contribution in [2.24, 2.45) is 52.3 Å². The van der Waals surface area contributed by atoms with E-state index in [1.165, 1.54) is 44.9 Å². The molecule has 0 bridgehead atoms. The van der Waals surface area contributed by atoms with Crippen LogP contribution in [0.15, 0.2) is 30.3 Å². The number of esters is 1. The average molecular weight is 521 g/mol. The van der Waals surface area contributed by atoms with Crippen LogP contribution in [0.5, 0.6) is 0 Å². The maximum atomic E-state index is 12.8. The van der Waals surface area contributed by atoms with Gasteiger partial charge in [-0.1, -0.05) is 79.0 Å². The van der Waals surface area contributed by atoms with E-state index in [0.717, 1.165) is 54.8 Å². The Morgan fingerprint density at radius 1 is 1.00 bits per heavy atom. The van der Waals surface area contributed by atoms with E-state index in [1.807, 2.05) is 30.3 Å². The molecule has 5 aliphatic rings. The molecule has 0 radical (unpaired) electrons. The van der Waals surface area contributed by atoms with Crippen LogP contribution >= 0.6 is 0 Å². The van der Waals surface area contributed by atoms with Gasteiger partial charge in [0.05, 0.1) is 11.7 Å². The quantitative estimate of drug-likeness (QED) is 0.266. The Labute approximate surface area is 231 Å². The molecule has 3 nitrogen and oxygen atoms in total. The van der Waals surface area contributed by atoms with Gasteiger partial charge in [-0.15, -0.1) is 0 Å². The molecule has 1 aromatic rings. The second-order valence-electron chi connectivity index (χ2n) is 15.2. The van der Waals surface area contributed by atoms with Crippen molar-refractivity contribution in [3.8, 4) is 0 Å². The summed E-state index contributed by atoms with van der Waals surface area (Å²) in [5.41, 5.74) is 1.29. The Hall–Kier alpha value is -1.35. The maximum Gasteiger partial charge on any atom is 0.338 e. The monoisotopic (exact) mass is 520 g/mol. The van der Waals surface area contributed by atoms with Gasteiger partial charge in [-0.3, -0.25) is 0 Å². The standard InChI is InChI=1S/C35H52O3/c1-22(2)11-10-12-23(3)27-15-16-28-30-24(4)31-35(38-31)21-26(37-32(36)25-13-8-7-9-14-25)17-20-34(35,6)29(30)18-19-33(27,28)5/h7-9,13-14,22-24,26-31H,10-12,15-21H2,1-6H3/t23-,24-,26+,27-,28+,29-,30-,31-,33-,34+,35-/m0/s1. The average Bonchev–Trinajstić information content (AvgIpc) is 3.51. The van der Waals surface area contributed by atoms with Crippen molar-refractivity contribution >= 4 is 5.97 Å². The third-order valence-electron chi connectivity index (χ3n) is 12.9. The van der Waals surface area contributed by atoms with Gasteiger partial charge in [-0.05, 0) is 97.5 Å². The van der Waals surface area contributed by atoms with E-state index in [4.69, 9.17) is 9.47 Å². The van der Waals surface area contributed by atoms with Crippen LogP contribution in [0.25, 0.3) is 0 Å². The fraction of sp³-hybridized carbons (Fsp3) is 0.800. The predicted molar refractivity (Wildman–Crippen MR) is 153 cm³/mol. The lowest BCUT2D eigenvalue weighted by Gasteiger charge is -2.61. The van der Waals surface area contributed by atoms with Crippen LogP contribution in [0.3, 0.4) is 0 Å². The Balaban J connectivity index is 1.17. The molecule has 0 N–H and O–H groups in total. The van der Waals surface area contributed by atoms with Crippen LogP contribution in [-0.2, 0) is 9.47 Å². The summed E-state index contributed by atoms with van der Waals surface area (Å²) >= 11 is 0. The molecule has 0 unspecified atom stereocenters. The molecule has 1 saturated heterocycles. The highest BCUT2D eigenvalue weighted by Gasteiger charge is 2.78. The van der Waals surface area contributed by atoms with Crippen molar-refractivity contribution in [2.45, 2.75) is 124 Å². The topological polar surface area (TPSA) is 38.8 Å². The molecular weight excluding hydrogens is 468 g/mol. The van der Waals surface area contributed by atoms with Gasteiger partial charge >= 0.3 is 5.97 Å². The van der Waals surface area contributed by atoms with Crippen LogP contribution in [0.2, 0.25) is 0 Å². The summed E-state index contributed by atoms with van der Waals surface area (Å²) in [6, 6.07) is 9.48. The number of carbonyl (C=O) groups is 1. The largest absolute Gasteiger partial charge is 0.459 e. The third-order valence-corrected chi connectivity index (χ3v) is 12.9. The van der Waals surface area contributed by atoms with Crippen molar-refractivity contribution < 1.29 is 14.3 Å². The van der Waals surface area contributed by atoms with Gasteiger partial charge in [-0.2, -0.15) is 0 Å². The molecule has 4 saturated carbocycles. The Kier molecular flexibility index (Phi) is 6.81. The van der Waals surface area contributed by atoms with Crippen molar-refractivity contribution in [3.63, 3.8) is 0 Å². The molecule has 0 amide bonds. The molecule has 38 heavy (non-hydrogen) atoms. The fourth-order valence-electron chi connectivity index (χ4n) is 11.0. The molecule has 1 aromatic carbocycles. The molecule has 210 valence electrons. The van der Waals surface area contributed by atoms with Crippen LogP contribution < -0.4 is 0 Å². The number of epoxide rings is 1. The molecule has 1 heterocycles. The minimum absolute atomic E-state index is 0.0269. The lowest BCUT2D eigenvalue weighted by atomic mass is 9.42. The van der Waals surface area contributed by atoms with Crippen molar-refractivity contribution in [2.75, 3.05) is 0 Å². The Bertz CT molecular complexity index is 1020. The third kappa shape index (κ3) is 4.03. The summed E-state index contributed by atoms with van der Waals surface area (Å²) < 4.78 is 12.9. The number of ether oxygens (including phenoxy) is 2. The first-order valence-corrected chi connectivity index (χ1v) is 16.0. The molecule has 1 spiro atoms. The first kappa shape index (κ1) is 26.9. The van der Waals surface area contributed by atoms with E-state index in [1.54, 1.807) is 0 Å². The van der Waals surface area contributed by atoms with E-state index < -0.39 is 0 Å². The zero-order chi connectivity index (χ0) is 26.9. The van der Waals surface area contributed by atoms with Gasteiger partial charge in [0.15, 0.2) is 0 Å². The zero-order valence-electron chi connectivity index (χ0n) is 24.9. The van der Waals surface area contributed by atoms with Crippen LogP contribution in [0.4, 0.5) is 0 Å². The van der Waals surface area contributed by atoms with Crippen molar-refractivity contribution in [1.82, 2.24) is 0 Å². The smallest absolute Gasteiger partial charge is 0.338 e. The van der Waals surface area contributed by atoms with E-state index in [9.17, 15) is 4.79 Å². The molecule has 4 aliphatic carbocycles. The predicted octanol–water partition coefficient (Wildman–Crippen LogP) is 8.71. The summed E-state index contributed by atoms with van der Waals surface area (Å²) in [7, 11) is 0. The van der Waals surface area contributed by atoms with E-state index in [0.29, 0.717) is 23.0 Å². The van der Waals surface area contributed by atoms with Gasteiger partial charge in [0.2, 0.25) is 0 Å². The van der Waals surface area contributed by atoms with Gasteiger partial charge in [0.25, 0.3) is 0 Å². The molecule has 0 aromatic heterocycles. The number of benzene rings is 1. The number of rotatable bonds is 7. The Morgan fingerprint density at radius 2 is 1.76 bits per heavy atom. The highest BCUT2D eigenvalue weighted by Crippen LogP contribution is 2.75. The Morgan fingerprint density at radius 3 is 2.50 bits per heavy atom. The second-order valence-corrected chi connectivity index (χ2v) is 15.2. The van der Waals surface area contributed by atoms with Crippen molar-refractivity contribution in [3.05, 3.63) is 35.9 Å². The number of carbonyl (C=O) groups excluding carboxylic acids is 1. The van der Waals surface area contributed by atoms with Crippen molar-refractivity contribution in [1.29, 1.82) is 0 Å². The van der Waals surface area contributed by atoms with Gasteiger partial charge in [0, 0.05) is 11.8 Å². The summed E-state index contributed by atoms with van der Waals surface area (Å²) in [4.78, 5) is 12.8. The molecular formula is C35H52O3. The van der Waals surface area contributed by atoms with Crippen LogP contribution in [-0.4, -0.2) is 23.8 Å². The zero-order valence-corrected chi connectivity index (χ0v) is 24.9. The van der Waals surface area contributed by atoms with E-state index in [2.05, 4.69) is 41.5 Å². The van der Waals surface area contributed by atoms with E-state index >= 15 is 0 Å². The van der Waals surface area contributed by atoms with Gasteiger partial charge in [0.1, 0.15) is 11.7 Å². The second kappa shape index (κ2) is 9.64. The minimum atomic E-state index is -0.178. The SMILES string of the molecule is CC(C)CCC[C@H](C)[C@@H]1CC[C@@H]2[C@@H]3[C@H](C)[C@@H]4O[C@@]45C[C@H](OC(=O)c4ccccc4)CC[C@]5(C)[C@H]3CC[C@]21C. The highest BCUT2D eigenvalue weighted by atomic mass is 16.6. The normalized spacial score (nSPS) is 45.9. The first-order chi connectivity index (χ1) is 18.1. The molecule has 1 aliphatic heterocycles. The summed E-state index contributed by atoms with van der Waals surface area (Å²) in [6.07, 6.45) is 13.1. The number of fused-ring (bicyclic) bond motifs is 4. The summed E-state index contributed by atoms with van der Waals surface area (Å²) in [5, 5.41) is 0. The lowest BCUT2D eigenvalue weighted by Crippen LogP contribution is -2.61. The molecule has 5 fully saturated rings.